The van der Waals surface area contributed by atoms with Crippen molar-refractivity contribution in [1.82, 2.24) is 20.8 Å². The smallest absolute Gasteiger partial charge is 0.305 e. The lowest BCUT2D eigenvalue weighted by Crippen LogP contribution is -2.29. The van der Waals surface area contributed by atoms with E-state index >= 15 is 0 Å². The molecule has 0 saturated heterocycles. The van der Waals surface area contributed by atoms with Crippen LogP contribution in [-0.4, -0.2) is 42.3 Å². The SMILES string of the molecule is COC(=O)CCCCCCNC(=O)c1n[nH]c2c1CNCC2. The van der Waals surface area contributed by atoms with E-state index in [4.69, 9.17) is 0 Å². The fraction of sp³-hybridized carbons (Fsp3) is 0.667. The fourth-order valence-electron chi connectivity index (χ4n) is 2.55. The number of fused-ring (bicyclic) bond motifs is 1. The van der Waals surface area contributed by atoms with Crippen LogP contribution >= 0.6 is 0 Å². The minimum atomic E-state index is -0.162. The van der Waals surface area contributed by atoms with Gasteiger partial charge in [-0.1, -0.05) is 12.8 Å². The number of carbonyl (C=O) groups excluding carboxylic acids is 2. The van der Waals surface area contributed by atoms with Crippen LogP contribution in [0, 0.1) is 0 Å². The minimum Gasteiger partial charge on any atom is -0.469 e. The van der Waals surface area contributed by atoms with Gasteiger partial charge >= 0.3 is 5.97 Å². The number of amides is 1. The summed E-state index contributed by atoms with van der Waals surface area (Å²) in [5.74, 6) is -0.277. The molecular weight excluding hydrogens is 284 g/mol. The molecule has 3 N–H and O–H groups in total. The van der Waals surface area contributed by atoms with Gasteiger partial charge in [-0.3, -0.25) is 14.7 Å². The molecule has 2 heterocycles. The molecule has 1 aromatic heterocycles. The Morgan fingerprint density at radius 2 is 2.09 bits per heavy atom. The summed E-state index contributed by atoms with van der Waals surface area (Å²) < 4.78 is 4.59. The second-order valence-corrected chi connectivity index (χ2v) is 5.45. The van der Waals surface area contributed by atoms with E-state index in [1.54, 1.807) is 0 Å². The van der Waals surface area contributed by atoms with Crippen LogP contribution in [0.5, 0.6) is 0 Å². The average molecular weight is 308 g/mol. The number of carbonyl (C=O) groups is 2. The van der Waals surface area contributed by atoms with Crippen molar-refractivity contribution in [1.29, 1.82) is 0 Å². The number of ether oxygens (including phenoxy) is 1. The topological polar surface area (TPSA) is 96.1 Å². The molecule has 1 aromatic rings. The number of hydrogen-bond acceptors (Lipinski definition) is 5. The van der Waals surface area contributed by atoms with E-state index in [1.807, 2.05) is 0 Å². The number of nitrogens with one attached hydrogen (secondary N) is 3. The maximum absolute atomic E-state index is 12.1. The third-order valence-corrected chi connectivity index (χ3v) is 3.84. The number of H-pyrrole nitrogens is 1. The highest BCUT2D eigenvalue weighted by Gasteiger charge is 2.20. The van der Waals surface area contributed by atoms with Crippen LogP contribution in [0.15, 0.2) is 0 Å². The number of hydrogen-bond donors (Lipinski definition) is 3. The lowest BCUT2D eigenvalue weighted by molar-refractivity contribution is -0.140. The predicted molar refractivity (Wildman–Crippen MR) is 81.4 cm³/mol. The first-order valence-corrected chi connectivity index (χ1v) is 7.84. The van der Waals surface area contributed by atoms with Gasteiger partial charge in [0, 0.05) is 43.7 Å². The lowest BCUT2D eigenvalue weighted by Gasteiger charge is -2.12. The van der Waals surface area contributed by atoms with Gasteiger partial charge in [0.1, 0.15) is 0 Å². The summed E-state index contributed by atoms with van der Waals surface area (Å²) in [6, 6.07) is 0. The second-order valence-electron chi connectivity index (χ2n) is 5.45. The standard InChI is InChI=1S/C15H24N4O3/c1-22-13(20)6-4-2-3-5-8-17-15(21)14-11-10-16-9-7-12(11)18-19-14/h16H,2-10H2,1H3,(H,17,21)(H,18,19). The molecule has 0 spiro atoms. The van der Waals surface area contributed by atoms with Gasteiger partial charge in [0.2, 0.25) is 0 Å². The Labute approximate surface area is 130 Å². The largest absolute Gasteiger partial charge is 0.469 e. The van der Waals surface area contributed by atoms with Gasteiger partial charge in [0.15, 0.2) is 5.69 Å². The number of aromatic amines is 1. The number of aromatic nitrogens is 2. The van der Waals surface area contributed by atoms with Crippen LogP contribution < -0.4 is 10.6 Å². The number of nitrogens with zero attached hydrogens (tertiary/aromatic N) is 1. The molecule has 1 amide bonds. The van der Waals surface area contributed by atoms with Crippen molar-refractivity contribution >= 4 is 11.9 Å². The van der Waals surface area contributed by atoms with Crippen LogP contribution in [0.1, 0.15) is 53.8 Å². The average Bonchev–Trinajstić information content (AvgIpc) is 2.97. The van der Waals surface area contributed by atoms with Gasteiger partial charge in [0.05, 0.1) is 7.11 Å². The van der Waals surface area contributed by atoms with E-state index in [0.29, 0.717) is 25.2 Å². The maximum Gasteiger partial charge on any atom is 0.305 e. The molecule has 0 unspecified atom stereocenters. The highest BCUT2D eigenvalue weighted by molar-refractivity contribution is 5.94. The van der Waals surface area contributed by atoms with Crippen molar-refractivity contribution < 1.29 is 14.3 Å². The van der Waals surface area contributed by atoms with E-state index in [-0.39, 0.29) is 11.9 Å². The van der Waals surface area contributed by atoms with E-state index in [9.17, 15) is 9.59 Å². The molecule has 1 aliphatic rings. The lowest BCUT2D eigenvalue weighted by atomic mass is 10.1. The number of methoxy groups -OCH3 is 1. The quantitative estimate of drug-likeness (QED) is 0.490. The Hall–Kier alpha value is -1.89. The molecule has 22 heavy (non-hydrogen) atoms. The molecule has 0 aromatic carbocycles. The maximum atomic E-state index is 12.1. The van der Waals surface area contributed by atoms with Crippen molar-refractivity contribution in [2.45, 2.75) is 45.1 Å². The van der Waals surface area contributed by atoms with Gasteiger partial charge in [-0.15, -0.1) is 0 Å². The van der Waals surface area contributed by atoms with Gasteiger partial charge in [0.25, 0.3) is 5.91 Å². The van der Waals surface area contributed by atoms with Crippen molar-refractivity contribution in [3.63, 3.8) is 0 Å². The van der Waals surface area contributed by atoms with E-state index in [1.165, 1.54) is 7.11 Å². The number of unbranched alkanes of at least 4 members (excludes halogenated alkanes) is 3. The summed E-state index contributed by atoms with van der Waals surface area (Å²) >= 11 is 0. The Morgan fingerprint density at radius 3 is 2.91 bits per heavy atom. The molecule has 2 rings (SSSR count). The fourth-order valence-corrected chi connectivity index (χ4v) is 2.55. The van der Waals surface area contributed by atoms with E-state index in [0.717, 1.165) is 49.9 Å². The monoisotopic (exact) mass is 308 g/mol. The Morgan fingerprint density at radius 1 is 1.27 bits per heavy atom. The third kappa shape index (κ3) is 4.56. The first kappa shape index (κ1) is 16.5. The normalized spacial score (nSPS) is 13.5. The van der Waals surface area contributed by atoms with Crippen LogP contribution in [0.2, 0.25) is 0 Å². The first-order valence-electron chi connectivity index (χ1n) is 7.84. The van der Waals surface area contributed by atoms with Crippen LogP contribution in [0.25, 0.3) is 0 Å². The zero-order chi connectivity index (χ0) is 15.8. The summed E-state index contributed by atoms with van der Waals surface area (Å²) in [6.45, 7) is 2.25. The third-order valence-electron chi connectivity index (χ3n) is 3.84. The van der Waals surface area contributed by atoms with Crippen LogP contribution in [0.4, 0.5) is 0 Å². The highest BCUT2D eigenvalue weighted by Crippen LogP contribution is 2.15. The highest BCUT2D eigenvalue weighted by atomic mass is 16.5. The van der Waals surface area contributed by atoms with Crippen LogP contribution in [0.3, 0.4) is 0 Å². The Bertz CT molecular complexity index is 513. The van der Waals surface area contributed by atoms with Crippen molar-refractivity contribution in [3.8, 4) is 0 Å². The van der Waals surface area contributed by atoms with Gasteiger partial charge in [-0.05, 0) is 12.8 Å². The molecule has 0 aliphatic carbocycles. The molecule has 0 fully saturated rings. The first-order chi connectivity index (χ1) is 10.7. The van der Waals surface area contributed by atoms with Gasteiger partial charge in [-0.2, -0.15) is 5.10 Å². The molecular formula is C15H24N4O3. The molecule has 7 nitrogen and oxygen atoms in total. The van der Waals surface area contributed by atoms with Gasteiger partial charge in [-0.25, -0.2) is 0 Å². The zero-order valence-corrected chi connectivity index (χ0v) is 13.0. The number of esters is 1. The number of rotatable bonds is 8. The summed E-state index contributed by atoms with van der Waals surface area (Å²) in [7, 11) is 1.40. The molecule has 0 saturated carbocycles. The molecule has 0 bridgehead atoms. The minimum absolute atomic E-state index is 0.115. The summed E-state index contributed by atoms with van der Waals surface area (Å²) in [5.41, 5.74) is 2.56. The molecule has 122 valence electrons. The molecule has 1 aliphatic heterocycles. The Balaban J connectivity index is 1.62. The molecule has 0 radical (unpaired) electrons. The van der Waals surface area contributed by atoms with Gasteiger partial charge < -0.3 is 15.4 Å². The summed E-state index contributed by atoms with van der Waals surface area (Å²) in [4.78, 5) is 23.1. The van der Waals surface area contributed by atoms with E-state index in [2.05, 4.69) is 25.6 Å². The zero-order valence-electron chi connectivity index (χ0n) is 13.0. The predicted octanol–water partition coefficient (Wildman–Crippen LogP) is 0.909. The molecule has 0 atom stereocenters. The van der Waals surface area contributed by atoms with Crippen LogP contribution in [-0.2, 0) is 22.5 Å². The van der Waals surface area contributed by atoms with Crippen molar-refractivity contribution in [2.75, 3.05) is 20.2 Å². The van der Waals surface area contributed by atoms with Crippen molar-refractivity contribution in [2.24, 2.45) is 0 Å². The Kier molecular flexibility index (Phi) is 6.39. The molecule has 7 heteroatoms. The van der Waals surface area contributed by atoms with Crippen molar-refractivity contribution in [3.05, 3.63) is 17.0 Å². The van der Waals surface area contributed by atoms with E-state index < -0.39 is 0 Å². The second kappa shape index (κ2) is 8.53. The summed E-state index contributed by atoms with van der Waals surface area (Å²) in [5, 5.41) is 13.2. The summed E-state index contributed by atoms with van der Waals surface area (Å²) in [6.07, 6.45) is 5.03.